The lowest BCUT2D eigenvalue weighted by Gasteiger charge is -2.16. The number of fused-ring (bicyclic) bond motifs is 1. The van der Waals surface area contributed by atoms with Gasteiger partial charge in [-0.25, -0.2) is 0 Å². The Kier molecular flexibility index (Phi) is 3.06. The molecule has 18 heavy (non-hydrogen) atoms. The summed E-state index contributed by atoms with van der Waals surface area (Å²) in [6, 6.07) is 7.38. The molecule has 98 valence electrons. The molecule has 0 atom stereocenters. The maximum atomic E-state index is 5.91. The van der Waals surface area contributed by atoms with Crippen LogP contribution in [0.2, 0.25) is 0 Å². The third-order valence-electron chi connectivity index (χ3n) is 4.08. The van der Waals surface area contributed by atoms with Crippen molar-refractivity contribution in [3.63, 3.8) is 0 Å². The maximum Gasteiger partial charge on any atom is 0.123 e. The summed E-state index contributed by atoms with van der Waals surface area (Å²) in [5.74, 6) is 1.07. The fourth-order valence-electron chi connectivity index (χ4n) is 3.16. The van der Waals surface area contributed by atoms with Crippen LogP contribution in [0.4, 0.5) is 0 Å². The first-order valence-electron chi connectivity index (χ1n) is 7.17. The average molecular weight is 245 g/mol. The first kappa shape index (κ1) is 12.0. The molecule has 2 nitrogen and oxygen atoms in total. The molecule has 2 aliphatic rings. The molecule has 0 spiro atoms. The summed E-state index contributed by atoms with van der Waals surface area (Å²) in [6.07, 6.45) is 6.51. The van der Waals surface area contributed by atoms with Crippen molar-refractivity contribution >= 4 is 0 Å². The molecule has 0 amide bonds. The molecule has 0 radical (unpaired) electrons. The van der Waals surface area contributed by atoms with Crippen LogP contribution in [0.3, 0.4) is 0 Å². The van der Waals surface area contributed by atoms with E-state index in [9.17, 15) is 0 Å². The van der Waals surface area contributed by atoms with E-state index in [0.29, 0.717) is 0 Å². The first-order valence-corrected chi connectivity index (χ1v) is 7.17. The Morgan fingerprint density at radius 3 is 2.83 bits per heavy atom. The quantitative estimate of drug-likeness (QED) is 0.881. The fraction of sp³-hybridized carbons (Fsp3) is 0.625. The van der Waals surface area contributed by atoms with Gasteiger partial charge in [-0.3, -0.25) is 0 Å². The van der Waals surface area contributed by atoms with Gasteiger partial charge in [0.1, 0.15) is 11.4 Å². The van der Waals surface area contributed by atoms with Crippen molar-refractivity contribution in [1.82, 2.24) is 5.32 Å². The number of benzene rings is 1. The van der Waals surface area contributed by atoms with Gasteiger partial charge in [-0.05, 0) is 43.9 Å². The molecular weight excluding hydrogens is 222 g/mol. The lowest BCUT2D eigenvalue weighted by atomic mass is 10.00. The number of nitrogens with one attached hydrogen (secondary N) is 1. The molecule has 1 saturated carbocycles. The van der Waals surface area contributed by atoms with Crippen LogP contribution >= 0.6 is 0 Å². The predicted molar refractivity (Wildman–Crippen MR) is 73.9 cm³/mol. The van der Waals surface area contributed by atoms with Gasteiger partial charge in [-0.1, -0.05) is 25.0 Å². The Bertz CT molecular complexity index is 433. The number of hydrogen-bond donors (Lipinski definition) is 1. The van der Waals surface area contributed by atoms with E-state index >= 15 is 0 Å². The van der Waals surface area contributed by atoms with Gasteiger partial charge in [0.25, 0.3) is 0 Å². The zero-order valence-electron chi connectivity index (χ0n) is 11.5. The molecule has 1 aliphatic heterocycles. The summed E-state index contributed by atoms with van der Waals surface area (Å²) in [6.45, 7) is 5.31. The molecule has 2 heteroatoms. The predicted octanol–water partition coefficient (Wildman–Crippen LogP) is 3.43. The fourth-order valence-corrected chi connectivity index (χ4v) is 3.16. The Balaban J connectivity index is 1.64. The van der Waals surface area contributed by atoms with Gasteiger partial charge < -0.3 is 10.1 Å². The SMILES string of the molecule is CC1(C)Cc2cc(CNC3CCCC3)ccc2O1. The standard InChI is InChI=1S/C16H23NO/c1-16(2)10-13-9-12(7-8-15(13)18-16)11-17-14-5-3-4-6-14/h7-9,14,17H,3-6,10-11H2,1-2H3. The maximum absolute atomic E-state index is 5.91. The highest BCUT2D eigenvalue weighted by Gasteiger charge is 2.29. The van der Waals surface area contributed by atoms with Crippen molar-refractivity contribution in [2.24, 2.45) is 0 Å². The third kappa shape index (κ3) is 2.54. The van der Waals surface area contributed by atoms with E-state index in [2.05, 4.69) is 37.4 Å². The van der Waals surface area contributed by atoms with E-state index in [0.717, 1.165) is 24.8 Å². The Morgan fingerprint density at radius 1 is 1.28 bits per heavy atom. The van der Waals surface area contributed by atoms with Crippen molar-refractivity contribution in [3.8, 4) is 5.75 Å². The molecule has 3 rings (SSSR count). The summed E-state index contributed by atoms with van der Waals surface area (Å²) in [4.78, 5) is 0. The van der Waals surface area contributed by atoms with Crippen molar-refractivity contribution < 1.29 is 4.74 Å². The van der Waals surface area contributed by atoms with Crippen LogP contribution in [0.1, 0.15) is 50.7 Å². The molecule has 1 aromatic rings. The van der Waals surface area contributed by atoms with Gasteiger partial charge in [-0.15, -0.1) is 0 Å². The molecule has 0 aromatic heterocycles. The zero-order valence-corrected chi connectivity index (χ0v) is 11.5. The molecule has 0 saturated heterocycles. The number of hydrogen-bond acceptors (Lipinski definition) is 2. The summed E-state index contributed by atoms with van der Waals surface area (Å²) in [5.41, 5.74) is 2.73. The van der Waals surface area contributed by atoms with Gasteiger partial charge in [0.05, 0.1) is 0 Å². The van der Waals surface area contributed by atoms with Crippen molar-refractivity contribution in [2.75, 3.05) is 0 Å². The summed E-state index contributed by atoms with van der Waals surface area (Å²) >= 11 is 0. The van der Waals surface area contributed by atoms with Gasteiger partial charge >= 0.3 is 0 Å². The Labute approximate surface area is 110 Å². The first-order chi connectivity index (χ1) is 8.62. The second kappa shape index (κ2) is 4.58. The Hall–Kier alpha value is -1.02. The van der Waals surface area contributed by atoms with E-state index in [1.807, 2.05) is 0 Å². The largest absolute Gasteiger partial charge is 0.487 e. The van der Waals surface area contributed by atoms with E-state index in [1.165, 1.54) is 36.8 Å². The van der Waals surface area contributed by atoms with Crippen LogP contribution in [-0.4, -0.2) is 11.6 Å². The molecule has 0 unspecified atom stereocenters. The van der Waals surface area contributed by atoms with E-state index in [1.54, 1.807) is 0 Å². The van der Waals surface area contributed by atoms with Crippen LogP contribution in [0.15, 0.2) is 18.2 Å². The number of rotatable bonds is 3. The smallest absolute Gasteiger partial charge is 0.123 e. The van der Waals surface area contributed by atoms with Crippen molar-refractivity contribution in [2.45, 2.75) is 64.1 Å². The molecular formula is C16H23NO. The highest BCUT2D eigenvalue weighted by atomic mass is 16.5. The van der Waals surface area contributed by atoms with Crippen LogP contribution in [0, 0.1) is 0 Å². The second-order valence-corrected chi connectivity index (χ2v) is 6.34. The van der Waals surface area contributed by atoms with Crippen LogP contribution in [-0.2, 0) is 13.0 Å². The second-order valence-electron chi connectivity index (χ2n) is 6.34. The minimum atomic E-state index is -0.0279. The van der Waals surface area contributed by atoms with Gasteiger partial charge in [0.15, 0.2) is 0 Å². The van der Waals surface area contributed by atoms with Crippen LogP contribution in [0.25, 0.3) is 0 Å². The van der Waals surface area contributed by atoms with Crippen molar-refractivity contribution in [3.05, 3.63) is 29.3 Å². The molecule has 1 fully saturated rings. The minimum absolute atomic E-state index is 0.0279. The highest BCUT2D eigenvalue weighted by Crippen LogP contribution is 2.35. The zero-order chi connectivity index (χ0) is 12.6. The van der Waals surface area contributed by atoms with Crippen LogP contribution in [0.5, 0.6) is 5.75 Å². The summed E-state index contributed by atoms with van der Waals surface area (Å²) in [7, 11) is 0. The highest BCUT2D eigenvalue weighted by molar-refractivity contribution is 5.41. The van der Waals surface area contributed by atoms with Gasteiger partial charge in [-0.2, -0.15) is 0 Å². The lowest BCUT2D eigenvalue weighted by Crippen LogP contribution is -2.25. The molecule has 1 heterocycles. The van der Waals surface area contributed by atoms with E-state index < -0.39 is 0 Å². The van der Waals surface area contributed by atoms with Crippen LogP contribution < -0.4 is 10.1 Å². The van der Waals surface area contributed by atoms with E-state index in [-0.39, 0.29) is 5.60 Å². The average Bonchev–Trinajstić information content (AvgIpc) is 2.90. The van der Waals surface area contributed by atoms with Gasteiger partial charge in [0, 0.05) is 19.0 Å². The summed E-state index contributed by atoms with van der Waals surface area (Å²) in [5, 5.41) is 3.67. The third-order valence-corrected chi connectivity index (χ3v) is 4.08. The van der Waals surface area contributed by atoms with E-state index in [4.69, 9.17) is 4.74 Å². The molecule has 1 N–H and O–H groups in total. The minimum Gasteiger partial charge on any atom is -0.487 e. The lowest BCUT2D eigenvalue weighted by molar-refractivity contribution is 0.138. The topological polar surface area (TPSA) is 21.3 Å². The molecule has 1 aliphatic carbocycles. The molecule has 1 aromatic carbocycles. The van der Waals surface area contributed by atoms with Gasteiger partial charge in [0.2, 0.25) is 0 Å². The molecule has 0 bridgehead atoms. The normalized spacial score (nSPS) is 21.9. The van der Waals surface area contributed by atoms with Crippen molar-refractivity contribution in [1.29, 1.82) is 0 Å². The monoisotopic (exact) mass is 245 g/mol. The summed E-state index contributed by atoms with van der Waals surface area (Å²) < 4.78 is 5.91. The number of ether oxygens (including phenoxy) is 1. The Morgan fingerprint density at radius 2 is 2.06 bits per heavy atom.